The summed E-state index contributed by atoms with van der Waals surface area (Å²) < 4.78 is 5.59. The molecule has 2 aromatic rings. The zero-order valence-corrected chi connectivity index (χ0v) is 17.0. The van der Waals surface area contributed by atoms with Gasteiger partial charge in [0.1, 0.15) is 5.75 Å². The zero-order chi connectivity index (χ0) is 21.1. The average molecular weight is 409 g/mol. The number of amides is 3. The van der Waals surface area contributed by atoms with Crippen LogP contribution in [0.3, 0.4) is 0 Å². The summed E-state index contributed by atoms with van der Waals surface area (Å²) in [6.07, 6.45) is 4.36. The minimum atomic E-state index is -0.640. The maximum atomic E-state index is 12.8. The molecular weight excluding hydrogens is 382 g/mol. The van der Waals surface area contributed by atoms with Crippen molar-refractivity contribution >= 4 is 28.7 Å². The minimum Gasteiger partial charge on any atom is -0.409 e. The third-order valence-electron chi connectivity index (χ3n) is 6.10. The number of carbonyl (C=O) groups is 3. The number of benzene rings is 2. The molecule has 0 radical (unpaired) electrons. The molecule has 158 valence electrons. The second kappa shape index (κ2) is 8.73. The number of carbonyl (C=O) groups excluding carboxylic acids is 3. The Morgan fingerprint density at radius 1 is 0.867 bits per heavy atom. The van der Waals surface area contributed by atoms with Crippen molar-refractivity contribution in [3.05, 3.63) is 42.0 Å². The Kier molecular flexibility index (Phi) is 5.88. The van der Waals surface area contributed by atoms with E-state index in [2.05, 4.69) is 0 Å². The monoisotopic (exact) mass is 409 g/mol. The van der Waals surface area contributed by atoms with Gasteiger partial charge in [-0.05, 0) is 36.1 Å². The molecule has 2 aliphatic rings. The predicted molar refractivity (Wildman–Crippen MR) is 113 cm³/mol. The summed E-state index contributed by atoms with van der Waals surface area (Å²) in [7, 11) is 0. The van der Waals surface area contributed by atoms with Crippen LogP contribution < -0.4 is 10.5 Å². The third kappa shape index (κ3) is 4.10. The first kappa shape index (κ1) is 20.2. The molecule has 0 bridgehead atoms. The standard InChI is InChI=1S/C23H27N3O4/c24-21(27)20-18-9-4-3-6-16(18)10-11-19(20)30-23(29)26-13-5-12-25(14-15-26)22(28)17-7-1-2-8-17/h3-4,6,9-11,17H,1-2,5,7-8,12-15H2,(H2,24,27). The van der Waals surface area contributed by atoms with Crippen LogP contribution in [0.5, 0.6) is 5.75 Å². The normalized spacial score (nSPS) is 17.7. The van der Waals surface area contributed by atoms with Crippen molar-refractivity contribution in [3.63, 3.8) is 0 Å². The molecule has 1 heterocycles. The number of hydrogen-bond donors (Lipinski definition) is 1. The van der Waals surface area contributed by atoms with E-state index < -0.39 is 12.0 Å². The molecule has 1 aliphatic heterocycles. The van der Waals surface area contributed by atoms with E-state index in [0.717, 1.165) is 31.1 Å². The summed E-state index contributed by atoms with van der Waals surface area (Å²) in [5.41, 5.74) is 5.79. The summed E-state index contributed by atoms with van der Waals surface area (Å²) >= 11 is 0. The lowest BCUT2D eigenvalue weighted by Gasteiger charge is -2.24. The van der Waals surface area contributed by atoms with E-state index in [0.29, 0.717) is 38.0 Å². The second-order valence-electron chi connectivity index (χ2n) is 8.04. The van der Waals surface area contributed by atoms with Gasteiger partial charge in [-0.3, -0.25) is 9.59 Å². The van der Waals surface area contributed by atoms with Gasteiger partial charge in [-0.25, -0.2) is 4.79 Å². The van der Waals surface area contributed by atoms with Crippen LogP contribution in [0.4, 0.5) is 4.79 Å². The van der Waals surface area contributed by atoms with Gasteiger partial charge in [-0.1, -0.05) is 43.2 Å². The van der Waals surface area contributed by atoms with Gasteiger partial charge in [0, 0.05) is 32.1 Å². The molecule has 7 heteroatoms. The van der Waals surface area contributed by atoms with Gasteiger partial charge in [0.05, 0.1) is 5.56 Å². The van der Waals surface area contributed by atoms with Crippen LogP contribution in [-0.4, -0.2) is 53.9 Å². The van der Waals surface area contributed by atoms with Crippen molar-refractivity contribution < 1.29 is 19.1 Å². The number of fused-ring (bicyclic) bond motifs is 1. The van der Waals surface area contributed by atoms with Gasteiger partial charge in [0.25, 0.3) is 5.91 Å². The summed E-state index contributed by atoms with van der Waals surface area (Å²) in [4.78, 5) is 41.1. The summed E-state index contributed by atoms with van der Waals surface area (Å²) in [5, 5.41) is 1.50. The van der Waals surface area contributed by atoms with Gasteiger partial charge < -0.3 is 20.3 Å². The molecule has 0 spiro atoms. The highest BCUT2D eigenvalue weighted by atomic mass is 16.6. The molecule has 4 rings (SSSR count). The largest absolute Gasteiger partial charge is 0.415 e. The second-order valence-corrected chi connectivity index (χ2v) is 8.04. The number of nitrogens with zero attached hydrogens (tertiary/aromatic N) is 2. The molecule has 0 aromatic heterocycles. The lowest BCUT2D eigenvalue weighted by molar-refractivity contribution is -0.135. The first-order chi connectivity index (χ1) is 14.5. The van der Waals surface area contributed by atoms with Crippen molar-refractivity contribution in [1.82, 2.24) is 9.80 Å². The molecular formula is C23H27N3O4. The van der Waals surface area contributed by atoms with Crippen molar-refractivity contribution in [2.45, 2.75) is 32.1 Å². The van der Waals surface area contributed by atoms with E-state index >= 15 is 0 Å². The SMILES string of the molecule is NC(=O)c1c(OC(=O)N2CCCN(C(=O)C3CCCC3)CC2)ccc2ccccc12. The van der Waals surface area contributed by atoms with Gasteiger partial charge >= 0.3 is 6.09 Å². The van der Waals surface area contributed by atoms with E-state index in [1.807, 2.05) is 23.1 Å². The Bertz CT molecular complexity index is 968. The Balaban J connectivity index is 1.46. The van der Waals surface area contributed by atoms with Crippen LogP contribution in [-0.2, 0) is 4.79 Å². The lowest BCUT2D eigenvalue weighted by Crippen LogP contribution is -2.40. The quantitative estimate of drug-likeness (QED) is 0.843. The highest BCUT2D eigenvalue weighted by Crippen LogP contribution is 2.29. The fourth-order valence-corrected chi connectivity index (χ4v) is 4.50. The molecule has 7 nitrogen and oxygen atoms in total. The van der Waals surface area contributed by atoms with E-state index in [4.69, 9.17) is 10.5 Å². The Morgan fingerprint density at radius 3 is 2.33 bits per heavy atom. The first-order valence-corrected chi connectivity index (χ1v) is 10.6. The van der Waals surface area contributed by atoms with Crippen LogP contribution in [0.25, 0.3) is 10.8 Å². The van der Waals surface area contributed by atoms with E-state index in [1.54, 1.807) is 23.1 Å². The fourth-order valence-electron chi connectivity index (χ4n) is 4.50. The molecule has 1 saturated heterocycles. The van der Waals surface area contributed by atoms with Gasteiger partial charge in [-0.2, -0.15) is 0 Å². The Hall–Kier alpha value is -3.09. The highest BCUT2D eigenvalue weighted by Gasteiger charge is 2.30. The molecule has 0 atom stereocenters. The van der Waals surface area contributed by atoms with Crippen LogP contribution in [0.15, 0.2) is 36.4 Å². The fraction of sp³-hybridized carbons (Fsp3) is 0.435. The zero-order valence-electron chi connectivity index (χ0n) is 17.0. The smallest absolute Gasteiger partial charge is 0.409 e. The van der Waals surface area contributed by atoms with Crippen LogP contribution >= 0.6 is 0 Å². The predicted octanol–water partition coefficient (Wildman–Crippen LogP) is 3.16. The van der Waals surface area contributed by atoms with Crippen molar-refractivity contribution in [3.8, 4) is 5.75 Å². The summed E-state index contributed by atoms with van der Waals surface area (Å²) in [6.45, 7) is 2.08. The molecule has 30 heavy (non-hydrogen) atoms. The number of ether oxygens (including phenoxy) is 1. The van der Waals surface area contributed by atoms with Gasteiger partial charge in [0.2, 0.25) is 5.91 Å². The average Bonchev–Trinajstić information content (AvgIpc) is 3.17. The molecule has 1 aliphatic carbocycles. The number of primary amides is 1. The molecule has 3 amide bonds. The van der Waals surface area contributed by atoms with Crippen molar-refractivity contribution in [1.29, 1.82) is 0 Å². The number of hydrogen-bond acceptors (Lipinski definition) is 4. The molecule has 1 saturated carbocycles. The number of rotatable bonds is 3. The third-order valence-corrected chi connectivity index (χ3v) is 6.10. The first-order valence-electron chi connectivity index (χ1n) is 10.6. The topological polar surface area (TPSA) is 92.9 Å². The van der Waals surface area contributed by atoms with Gasteiger partial charge in [-0.15, -0.1) is 0 Å². The van der Waals surface area contributed by atoms with Crippen LogP contribution in [0.1, 0.15) is 42.5 Å². The summed E-state index contributed by atoms with van der Waals surface area (Å²) in [5.74, 6) is -0.124. The minimum absolute atomic E-state index is 0.138. The number of nitrogens with two attached hydrogens (primary N) is 1. The van der Waals surface area contributed by atoms with Crippen LogP contribution in [0, 0.1) is 5.92 Å². The Morgan fingerprint density at radius 2 is 1.57 bits per heavy atom. The van der Waals surface area contributed by atoms with E-state index in [9.17, 15) is 14.4 Å². The van der Waals surface area contributed by atoms with Crippen LogP contribution in [0.2, 0.25) is 0 Å². The summed E-state index contributed by atoms with van der Waals surface area (Å²) in [6, 6.07) is 10.7. The van der Waals surface area contributed by atoms with E-state index in [-0.39, 0.29) is 23.1 Å². The molecule has 0 unspecified atom stereocenters. The maximum Gasteiger partial charge on any atom is 0.415 e. The van der Waals surface area contributed by atoms with Crippen molar-refractivity contribution in [2.75, 3.05) is 26.2 Å². The highest BCUT2D eigenvalue weighted by molar-refractivity contribution is 6.09. The van der Waals surface area contributed by atoms with E-state index in [1.165, 1.54) is 0 Å². The van der Waals surface area contributed by atoms with Crippen molar-refractivity contribution in [2.24, 2.45) is 11.7 Å². The molecule has 2 N–H and O–H groups in total. The molecule has 2 fully saturated rings. The molecule has 2 aromatic carbocycles. The Labute approximate surface area is 175 Å². The maximum absolute atomic E-state index is 12.8. The van der Waals surface area contributed by atoms with Gasteiger partial charge in [0.15, 0.2) is 0 Å². The lowest BCUT2D eigenvalue weighted by atomic mass is 10.0.